The Morgan fingerprint density at radius 3 is 3.00 bits per heavy atom. The lowest BCUT2D eigenvalue weighted by molar-refractivity contribution is -0.0397. The highest BCUT2D eigenvalue weighted by Gasteiger charge is 2.37. The van der Waals surface area contributed by atoms with Gasteiger partial charge in [-0.15, -0.1) is 0 Å². The molecule has 0 unspecified atom stereocenters. The van der Waals surface area contributed by atoms with Crippen LogP contribution in [-0.4, -0.2) is 33.5 Å². The molecule has 2 rings (SSSR count). The number of aliphatic hydroxyl groups is 1. The van der Waals surface area contributed by atoms with Crippen molar-refractivity contribution in [2.75, 3.05) is 12.3 Å². The van der Waals surface area contributed by atoms with Gasteiger partial charge in [0.1, 0.15) is 6.17 Å². The van der Waals surface area contributed by atoms with Crippen LogP contribution in [0.2, 0.25) is 0 Å². The highest BCUT2D eigenvalue weighted by molar-refractivity contribution is 5.26. The van der Waals surface area contributed by atoms with E-state index in [1.165, 1.54) is 0 Å². The van der Waals surface area contributed by atoms with Crippen LogP contribution in [0.15, 0.2) is 11.0 Å². The third-order valence-electron chi connectivity index (χ3n) is 2.54. The second-order valence-electron chi connectivity index (χ2n) is 3.75. The van der Waals surface area contributed by atoms with Crippen molar-refractivity contribution in [3.8, 4) is 0 Å². The van der Waals surface area contributed by atoms with Crippen molar-refractivity contribution in [1.29, 1.82) is 0 Å². The third kappa shape index (κ3) is 2.13. The van der Waals surface area contributed by atoms with E-state index in [1.807, 2.05) is 0 Å². The molecule has 1 fully saturated rings. The van der Waals surface area contributed by atoms with Gasteiger partial charge >= 0.3 is 5.69 Å². The lowest BCUT2D eigenvalue weighted by Crippen LogP contribution is -2.31. The fourth-order valence-corrected chi connectivity index (χ4v) is 1.70. The molecule has 0 bridgehead atoms. The summed E-state index contributed by atoms with van der Waals surface area (Å²) >= 11 is 0. The smallest absolute Gasteiger partial charge is 0.351 e. The maximum absolute atomic E-state index is 13.5. The molecule has 0 amide bonds. The predicted molar refractivity (Wildman–Crippen MR) is 53.4 cm³/mol. The minimum atomic E-state index is -1.50. The number of anilines is 1. The van der Waals surface area contributed by atoms with Gasteiger partial charge in [-0.2, -0.15) is 4.98 Å². The average molecular weight is 247 g/mol. The van der Waals surface area contributed by atoms with Gasteiger partial charge in [-0.3, -0.25) is 4.57 Å². The van der Waals surface area contributed by atoms with Gasteiger partial charge in [-0.25, -0.2) is 13.6 Å². The molecule has 0 saturated carbocycles. The predicted octanol–water partition coefficient (Wildman–Crippen LogP) is -0.417. The zero-order valence-corrected chi connectivity index (χ0v) is 8.72. The van der Waals surface area contributed by atoms with Crippen molar-refractivity contribution in [2.45, 2.75) is 24.9 Å². The Hall–Kier alpha value is -1.54. The first-order chi connectivity index (χ1) is 8.02. The van der Waals surface area contributed by atoms with E-state index < -0.39 is 35.8 Å². The van der Waals surface area contributed by atoms with E-state index >= 15 is 0 Å². The molecule has 94 valence electrons. The number of ether oxygens (including phenoxy) is 1. The van der Waals surface area contributed by atoms with Crippen molar-refractivity contribution in [2.24, 2.45) is 0 Å². The summed E-state index contributed by atoms with van der Waals surface area (Å²) in [4.78, 5) is 14.6. The van der Waals surface area contributed by atoms with Crippen molar-refractivity contribution in [3.05, 3.63) is 22.5 Å². The zero-order chi connectivity index (χ0) is 12.6. The molecule has 1 aliphatic heterocycles. The monoisotopic (exact) mass is 247 g/mol. The molecule has 3 N–H and O–H groups in total. The summed E-state index contributed by atoms with van der Waals surface area (Å²) in [5, 5.41) is 8.83. The van der Waals surface area contributed by atoms with E-state index in [1.54, 1.807) is 0 Å². The number of aliphatic hydroxyl groups excluding tert-OH is 1. The van der Waals surface area contributed by atoms with Crippen LogP contribution in [0.4, 0.5) is 14.6 Å². The summed E-state index contributed by atoms with van der Waals surface area (Å²) in [5.74, 6) is -1.47. The molecule has 1 aliphatic rings. The first kappa shape index (κ1) is 11.9. The maximum Gasteiger partial charge on any atom is 0.351 e. The summed E-state index contributed by atoms with van der Waals surface area (Å²) < 4.78 is 32.5. The molecule has 0 radical (unpaired) electrons. The van der Waals surface area contributed by atoms with Gasteiger partial charge in [0.15, 0.2) is 17.9 Å². The summed E-state index contributed by atoms with van der Waals surface area (Å²) in [6.07, 6.45) is -2.79. The number of alkyl halides is 1. The molecule has 2 heterocycles. The molecule has 0 spiro atoms. The molecule has 17 heavy (non-hydrogen) atoms. The van der Waals surface area contributed by atoms with Crippen molar-refractivity contribution >= 4 is 5.82 Å². The summed E-state index contributed by atoms with van der Waals surface area (Å²) in [5.41, 5.74) is 4.21. The van der Waals surface area contributed by atoms with Crippen LogP contribution in [0.5, 0.6) is 0 Å². The van der Waals surface area contributed by atoms with Crippen LogP contribution < -0.4 is 11.4 Å². The van der Waals surface area contributed by atoms with E-state index in [2.05, 4.69) is 4.98 Å². The quantitative estimate of drug-likeness (QED) is 0.741. The Labute approximate surface area is 94.6 Å². The van der Waals surface area contributed by atoms with E-state index in [0.717, 1.165) is 6.20 Å². The molecule has 0 aliphatic carbocycles. The Bertz CT molecular complexity index is 479. The number of nitrogens with zero attached hydrogens (tertiary/aromatic N) is 2. The lowest BCUT2D eigenvalue weighted by Gasteiger charge is -2.16. The molecule has 3 atom stereocenters. The van der Waals surface area contributed by atoms with Gasteiger partial charge in [0.25, 0.3) is 0 Å². The Morgan fingerprint density at radius 2 is 2.41 bits per heavy atom. The van der Waals surface area contributed by atoms with E-state index in [9.17, 15) is 13.6 Å². The fraction of sp³-hybridized carbons (Fsp3) is 0.556. The van der Waals surface area contributed by atoms with E-state index in [4.69, 9.17) is 15.6 Å². The van der Waals surface area contributed by atoms with Crippen LogP contribution in [0, 0.1) is 5.82 Å². The lowest BCUT2D eigenvalue weighted by atomic mass is 10.2. The normalized spacial score (nSPS) is 28.5. The van der Waals surface area contributed by atoms with Crippen LogP contribution in [0.25, 0.3) is 0 Å². The van der Waals surface area contributed by atoms with Gasteiger partial charge in [-0.05, 0) is 0 Å². The van der Waals surface area contributed by atoms with Gasteiger partial charge < -0.3 is 15.6 Å². The van der Waals surface area contributed by atoms with Gasteiger partial charge in [0, 0.05) is 6.42 Å². The topological polar surface area (TPSA) is 90.4 Å². The number of nitrogen functional groups attached to an aromatic ring is 1. The highest BCUT2D eigenvalue weighted by atomic mass is 19.1. The minimum absolute atomic E-state index is 0.0560. The second kappa shape index (κ2) is 4.38. The molecule has 8 heteroatoms. The van der Waals surface area contributed by atoms with Crippen LogP contribution in [0.3, 0.4) is 0 Å². The summed E-state index contributed by atoms with van der Waals surface area (Å²) in [6, 6.07) is 0. The molecular weight excluding hydrogens is 236 g/mol. The largest absolute Gasteiger partial charge is 0.394 e. The van der Waals surface area contributed by atoms with Crippen molar-refractivity contribution in [3.63, 3.8) is 0 Å². The number of hydrogen-bond acceptors (Lipinski definition) is 5. The number of aromatic nitrogens is 2. The number of nitrogens with two attached hydrogens (primary N) is 1. The van der Waals surface area contributed by atoms with E-state index in [0.29, 0.717) is 4.57 Å². The Kier molecular flexibility index (Phi) is 3.07. The molecule has 1 aromatic heterocycles. The molecule has 1 aromatic rings. The SMILES string of the molecule is Nc1nc(=O)n([C@H]2O[C@@H](CO)C[C@@H]2F)cc1F. The van der Waals surface area contributed by atoms with Gasteiger partial charge in [0.2, 0.25) is 0 Å². The average Bonchev–Trinajstić information content (AvgIpc) is 2.65. The zero-order valence-electron chi connectivity index (χ0n) is 8.72. The first-order valence-electron chi connectivity index (χ1n) is 4.97. The van der Waals surface area contributed by atoms with Crippen LogP contribution >= 0.6 is 0 Å². The van der Waals surface area contributed by atoms with Crippen LogP contribution in [-0.2, 0) is 4.74 Å². The summed E-state index contributed by atoms with van der Waals surface area (Å²) in [7, 11) is 0. The van der Waals surface area contributed by atoms with Gasteiger partial charge in [-0.1, -0.05) is 0 Å². The molecule has 1 saturated heterocycles. The number of hydrogen-bond donors (Lipinski definition) is 2. The fourth-order valence-electron chi connectivity index (χ4n) is 1.70. The number of halogens is 2. The molecule has 6 nitrogen and oxygen atoms in total. The summed E-state index contributed by atoms with van der Waals surface area (Å²) in [6.45, 7) is -0.365. The number of rotatable bonds is 2. The highest BCUT2D eigenvalue weighted by Crippen LogP contribution is 2.30. The third-order valence-corrected chi connectivity index (χ3v) is 2.54. The Morgan fingerprint density at radius 1 is 1.71 bits per heavy atom. The maximum atomic E-state index is 13.5. The molecule has 0 aromatic carbocycles. The second-order valence-corrected chi connectivity index (χ2v) is 3.75. The van der Waals surface area contributed by atoms with E-state index in [-0.39, 0.29) is 13.0 Å². The molecular formula is C9H11F2N3O3. The van der Waals surface area contributed by atoms with Crippen molar-refractivity contribution in [1.82, 2.24) is 9.55 Å². The van der Waals surface area contributed by atoms with Crippen LogP contribution in [0.1, 0.15) is 12.6 Å². The van der Waals surface area contributed by atoms with Crippen molar-refractivity contribution < 1.29 is 18.6 Å². The van der Waals surface area contributed by atoms with Gasteiger partial charge in [0.05, 0.1) is 18.9 Å². The Balaban J connectivity index is 2.35. The minimum Gasteiger partial charge on any atom is -0.394 e. The first-order valence-corrected chi connectivity index (χ1v) is 4.97. The standard InChI is InChI=1S/C9H11F2N3O3/c10-5-1-4(3-15)17-8(5)14-2-6(11)7(12)13-9(14)16/h2,4-5,8,15H,1,3H2,(H2,12,13,16)/t4-,5+,8+/m1/s1.